The van der Waals surface area contributed by atoms with Crippen molar-refractivity contribution in [2.45, 2.75) is 138 Å². The average molecular weight is 687 g/mol. The Labute approximate surface area is 286 Å². The molecule has 13 nitrogen and oxygen atoms in total. The summed E-state index contributed by atoms with van der Waals surface area (Å²) in [5.41, 5.74) is -6.84. The van der Waals surface area contributed by atoms with Crippen molar-refractivity contribution in [3.8, 4) is 0 Å². The van der Waals surface area contributed by atoms with Gasteiger partial charge in [-0.1, -0.05) is 14.9 Å². The van der Waals surface area contributed by atoms with Gasteiger partial charge < -0.3 is 34.8 Å². The van der Waals surface area contributed by atoms with Gasteiger partial charge in [0.05, 0.1) is 18.4 Å². The van der Waals surface area contributed by atoms with Crippen molar-refractivity contribution < 1.29 is 89.9 Å². The van der Waals surface area contributed by atoms with Crippen molar-refractivity contribution in [2.24, 2.45) is 11.8 Å². The van der Waals surface area contributed by atoms with Crippen molar-refractivity contribution in [3.63, 3.8) is 0 Å². The van der Waals surface area contributed by atoms with Crippen LogP contribution in [0.2, 0.25) is 0 Å². The number of carbonyl (C=O) groups is 5. The summed E-state index contributed by atoms with van der Waals surface area (Å²) in [5, 5.41) is 10.9. The summed E-state index contributed by atoms with van der Waals surface area (Å²) in [4.78, 5) is 60.2. The number of alkyl carbamates (subject to hydrolysis) is 1. The molecule has 47 heavy (non-hydrogen) atoms. The van der Waals surface area contributed by atoms with Crippen LogP contribution in [0.3, 0.4) is 0 Å². The number of nitrogens with one attached hydrogen (secondary N) is 1. The van der Waals surface area contributed by atoms with E-state index >= 15 is 0 Å². The van der Waals surface area contributed by atoms with Crippen LogP contribution in [0.15, 0.2) is 0 Å². The molecule has 2 fully saturated rings. The van der Waals surface area contributed by atoms with Gasteiger partial charge in [-0.05, 0) is 82.1 Å². The second-order valence-electron chi connectivity index (χ2n) is 13.1. The molecule has 2 aliphatic carbocycles. The summed E-state index contributed by atoms with van der Waals surface area (Å²) in [6.07, 6.45) is -9.86. The molecule has 0 spiro atoms. The Balaban J connectivity index is -0.000000388. The van der Waals surface area contributed by atoms with Gasteiger partial charge in [-0.2, -0.15) is 4.90 Å². The summed E-state index contributed by atoms with van der Waals surface area (Å²) < 4.78 is 71.5. The summed E-state index contributed by atoms with van der Waals surface area (Å²) in [7, 11) is 0. The maximum Gasteiger partial charge on any atom is 1.00 e. The molecule has 2 saturated carbocycles. The van der Waals surface area contributed by atoms with Gasteiger partial charge in [0.25, 0.3) is 0 Å². The van der Waals surface area contributed by atoms with Crippen LogP contribution in [0.25, 0.3) is 0 Å². The summed E-state index contributed by atoms with van der Waals surface area (Å²) >= 11 is 0. The van der Waals surface area contributed by atoms with Gasteiger partial charge in [0.15, 0.2) is 5.54 Å². The van der Waals surface area contributed by atoms with E-state index in [1.165, 1.54) is 6.92 Å². The number of amides is 3. The Morgan fingerprint density at radius 1 is 0.787 bits per heavy atom. The van der Waals surface area contributed by atoms with Crippen LogP contribution in [0.4, 0.5) is 31.9 Å². The number of carboxylic acids is 1. The predicted octanol–water partition coefficient (Wildman–Crippen LogP) is 3.46. The van der Waals surface area contributed by atoms with Crippen LogP contribution in [0, 0.1) is 11.8 Å². The first-order chi connectivity index (χ1) is 19.2. The van der Waals surface area contributed by atoms with Crippen molar-refractivity contribution >= 4 is 30.2 Å². The number of carboxylic acid groups (broad SMARTS) is 1. The molecule has 0 aromatic rings. The van der Waals surface area contributed by atoms with Gasteiger partial charge in [-0.15, -0.1) is 0 Å². The van der Waals surface area contributed by atoms with Crippen molar-refractivity contribution in [3.05, 3.63) is 0 Å². The van der Waals surface area contributed by atoms with E-state index in [4.69, 9.17) is 24.1 Å². The van der Waals surface area contributed by atoms with E-state index in [1.54, 1.807) is 62.3 Å². The molecule has 2 aliphatic rings. The second-order valence-corrected chi connectivity index (χ2v) is 13.1. The predicted molar refractivity (Wildman–Crippen MR) is 157 cm³/mol. The molecule has 0 bridgehead atoms. The zero-order valence-corrected chi connectivity index (χ0v) is 27.5. The van der Waals surface area contributed by atoms with E-state index in [-0.39, 0.29) is 52.2 Å². The topological polar surface area (TPSA) is 188 Å². The molecule has 0 saturated heterocycles. The quantitative estimate of drug-likeness (QED) is 0.173. The van der Waals surface area contributed by atoms with Crippen LogP contribution in [0.5, 0.6) is 0 Å². The summed E-state index contributed by atoms with van der Waals surface area (Å²) in [5.74, 6) is -5.44. The number of hydrogen-bond donors (Lipinski definition) is 2. The SMILES string of the molecule is C.C.CC(C)(C)OC(=O)N[C@]1(C(=O)O)C[C@H]1C(F)F.CCOC(=O)[C@@]1(N(C(=O)OC(C)(C)C)C(=O)OC(C)(C)C)C[C@H]1C(F)F.[Li+].[OH-]. The van der Waals surface area contributed by atoms with Gasteiger partial charge in [-0.25, -0.2) is 41.5 Å². The van der Waals surface area contributed by atoms with E-state index < -0.39 is 89.2 Å². The Hall–Kier alpha value is -2.77. The first kappa shape index (κ1) is 51.1. The molecule has 0 aromatic carbocycles. The first-order valence-electron chi connectivity index (χ1n) is 13.5. The Kier molecular flexibility index (Phi) is 19.7. The number of hydrogen-bond acceptors (Lipinski definition) is 10. The summed E-state index contributed by atoms with van der Waals surface area (Å²) in [6, 6.07) is 0. The number of esters is 1. The molecular weight excluding hydrogens is 635 g/mol. The minimum Gasteiger partial charge on any atom is -0.870 e. The van der Waals surface area contributed by atoms with Crippen LogP contribution in [-0.4, -0.2) is 93.0 Å². The average Bonchev–Trinajstić information content (AvgIpc) is 3.65. The number of halogens is 4. The van der Waals surface area contributed by atoms with Crippen molar-refractivity contribution in [1.82, 2.24) is 10.2 Å². The van der Waals surface area contributed by atoms with Gasteiger partial charge in [-0.3, -0.25) is 0 Å². The van der Waals surface area contributed by atoms with Gasteiger partial charge in [0.2, 0.25) is 12.9 Å². The zero-order valence-electron chi connectivity index (χ0n) is 27.5. The van der Waals surface area contributed by atoms with Crippen LogP contribution < -0.4 is 24.2 Å². The van der Waals surface area contributed by atoms with Gasteiger partial charge in [0, 0.05) is 0 Å². The number of rotatable bonds is 7. The van der Waals surface area contributed by atoms with E-state index in [0.29, 0.717) is 4.90 Å². The smallest absolute Gasteiger partial charge is 0.870 e. The van der Waals surface area contributed by atoms with Crippen LogP contribution in [-0.2, 0) is 28.5 Å². The van der Waals surface area contributed by atoms with Crippen molar-refractivity contribution in [2.75, 3.05) is 6.61 Å². The van der Waals surface area contributed by atoms with Crippen molar-refractivity contribution in [1.29, 1.82) is 0 Å². The van der Waals surface area contributed by atoms with Gasteiger partial charge in [0.1, 0.15) is 22.3 Å². The zero-order chi connectivity index (χ0) is 33.9. The first-order valence-corrected chi connectivity index (χ1v) is 13.5. The number of imide groups is 1. The maximum absolute atomic E-state index is 13.3. The fourth-order valence-electron chi connectivity index (χ4n) is 3.95. The normalized spacial score (nSPS) is 22.6. The maximum atomic E-state index is 13.3. The number of alkyl halides is 4. The third-order valence-electron chi connectivity index (χ3n) is 5.89. The van der Waals surface area contributed by atoms with E-state index in [2.05, 4.69) is 0 Å². The van der Waals surface area contributed by atoms with Gasteiger partial charge >= 0.3 is 49.1 Å². The third-order valence-corrected chi connectivity index (χ3v) is 5.89. The summed E-state index contributed by atoms with van der Waals surface area (Å²) in [6.45, 7) is 15.5. The number of nitrogens with zero attached hydrogens (tertiary/aromatic N) is 1. The third kappa shape index (κ3) is 14.1. The Morgan fingerprint density at radius 3 is 1.43 bits per heavy atom. The minimum absolute atomic E-state index is 0. The fraction of sp³-hybridized carbons (Fsp3) is 0.828. The molecule has 0 aliphatic heterocycles. The molecule has 18 heteroatoms. The second kappa shape index (κ2) is 18.1. The largest absolute Gasteiger partial charge is 1.00 e. The number of ether oxygens (including phenoxy) is 4. The molecule has 0 aromatic heterocycles. The fourth-order valence-corrected chi connectivity index (χ4v) is 3.95. The standard InChI is InChI=1S/C17H27F2NO6.C10H15F2NO4.2CH4.Li.H2O/c1-8-24-12(21)17(9-10(17)11(18)19)20(13(22)25-15(2,3)4)14(23)26-16(5,6)7;1-9(2,3)17-8(16)13-10(7(14)15)4-5(10)6(11)12;;;;/h10-11H,8-9H2,1-7H3;5-6H,4H2,1-3H3,(H,13,16)(H,14,15);2*1H4;;1H2/q;;;;+1;/p-1/t10-,17+;5-,10+;;;;/m00..../s1. The Bertz CT molecular complexity index is 1050. The Morgan fingerprint density at radius 2 is 1.17 bits per heavy atom. The molecule has 3 N–H and O–H groups in total. The van der Waals surface area contributed by atoms with E-state index in [1.807, 2.05) is 5.32 Å². The van der Waals surface area contributed by atoms with E-state index in [0.717, 1.165) is 0 Å². The molecular formula is C29H51F4LiN2O11. The molecule has 0 unspecified atom stereocenters. The monoisotopic (exact) mass is 686 g/mol. The minimum atomic E-state index is -2.92. The van der Waals surface area contributed by atoms with E-state index in [9.17, 15) is 41.5 Å². The number of carbonyl (C=O) groups excluding carboxylic acids is 4. The molecule has 3 amide bonds. The molecule has 4 atom stereocenters. The molecule has 0 heterocycles. The van der Waals surface area contributed by atoms with Crippen LogP contribution >= 0.6 is 0 Å². The van der Waals surface area contributed by atoms with Crippen LogP contribution in [0.1, 0.15) is 96.9 Å². The number of aliphatic carboxylic acids is 1. The molecule has 272 valence electrons. The molecule has 0 radical (unpaired) electrons. The molecule has 2 rings (SSSR count).